The van der Waals surface area contributed by atoms with Crippen molar-refractivity contribution in [1.29, 1.82) is 0 Å². The fourth-order valence-corrected chi connectivity index (χ4v) is 3.11. The van der Waals surface area contributed by atoms with E-state index >= 15 is 0 Å². The highest BCUT2D eigenvalue weighted by Gasteiger charge is 2.42. The van der Waals surface area contributed by atoms with Crippen LogP contribution in [0.5, 0.6) is 0 Å². The molecule has 0 fully saturated rings. The number of hydrogen-bond donors (Lipinski definition) is 1. The molecule has 0 bridgehead atoms. The molecule has 1 atom stereocenters. The quantitative estimate of drug-likeness (QED) is 0.816. The second-order valence-corrected chi connectivity index (χ2v) is 6.48. The summed E-state index contributed by atoms with van der Waals surface area (Å²) in [6.45, 7) is -0.362. The van der Waals surface area contributed by atoms with Crippen molar-refractivity contribution >= 4 is 17.5 Å². The molecule has 1 aromatic heterocycles. The van der Waals surface area contributed by atoms with Gasteiger partial charge in [0.25, 0.3) is 0 Å². The van der Waals surface area contributed by atoms with E-state index in [9.17, 15) is 22.4 Å². The summed E-state index contributed by atoms with van der Waals surface area (Å²) >= 11 is 5.87. The van der Waals surface area contributed by atoms with Crippen molar-refractivity contribution < 1.29 is 22.4 Å². The topological polar surface area (TPSA) is 59.8 Å². The highest BCUT2D eigenvalue weighted by molar-refractivity contribution is 6.31. The minimum absolute atomic E-state index is 0.0280. The van der Waals surface area contributed by atoms with E-state index in [0.29, 0.717) is 5.82 Å². The lowest BCUT2D eigenvalue weighted by Crippen LogP contribution is -2.34. The summed E-state index contributed by atoms with van der Waals surface area (Å²) in [7, 11) is 0. The molecule has 0 aliphatic carbocycles. The number of alkyl halides is 3. The van der Waals surface area contributed by atoms with Crippen molar-refractivity contribution in [2.45, 2.75) is 38.5 Å². The van der Waals surface area contributed by atoms with Crippen LogP contribution in [-0.2, 0) is 30.7 Å². The van der Waals surface area contributed by atoms with Gasteiger partial charge in [0.15, 0.2) is 5.82 Å². The van der Waals surface area contributed by atoms with Gasteiger partial charge in [-0.1, -0.05) is 17.7 Å². The largest absolute Gasteiger partial charge is 0.393 e. The van der Waals surface area contributed by atoms with Crippen LogP contribution in [0.15, 0.2) is 18.2 Å². The summed E-state index contributed by atoms with van der Waals surface area (Å²) in [5.74, 6) is -1.87. The second-order valence-electron chi connectivity index (χ2n) is 6.07. The smallest absolute Gasteiger partial charge is 0.349 e. The first-order valence-electron chi connectivity index (χ1n) is 7.93. The Morgan fingerprint density at radius 1 is 1.35 bits per heavy atom. The zero-order valence-electron chi connectivity index (χ0n) is 13.5. The molecule has 3 rings (SSSR count). The Morgan fingerprint density at radius 2 is 2.12 bits per heavy atom. The maximum atomic E-state index is 13.7. The summed E-state index contributed by atoms with van der Waals surface area (Å²) in [6.07, 6.45) is -4.42. The molecule has 10 heteroatoms. The number of rotatable bonds is 4. The SMILES string of the molecule is O=C(Cc1c(F)cccc1Cl)NCc1nnc2n1CC(C(F)(F)F)CC2. The number of aryl methyl sites for hydroxylation is 1. The third-order valence-electron chi connectivity index (χ3n) is 4.33. The minimum atomic E-state index is -4.29. The number of nitrogens with zero attached hydrogens (tertiary/aromatic N) is 3. The lowest BCUT2D eigenvalue weighted by atomic mass is 9.99. The first-order valence-corrected chi connectivity index (χ1v) is 8.30. The summed E-state index contributed by atoms with van der Waals surface area (Å²) < 4.78 is 53.9. The van der Waals surface area contributed by atoms with Crippen molar-refractivity contribution in [3.63, 3.8) is 0 Å². The van der Waals surface area contributed by atoms with Crippen LogP contribution in [0, 0.1) is 11.7 Å². The molecule has 0 spiro atoms. The zero-order chi connectivity index (χ0) is 18.9. The van der Waals surface area contributed by atoms with E-state index in [1.807, 2.05) is 0 Å². The number of carbonyl (C=O) groups is 1. The van der Waals surface area contributed by atoms with E-state index < -0.39 is 23.8 Å². The fourth-order valence-electron chi connectivity index (χ4n) is 2.88. The summed E-state index contributed by atoms with van der Waals surface area (Å²) in [5, 5.41) is 10.4. The molecule has 1 aliphatic rings. The van der Waals surface area contributed by atoms with Crippen LogP contribution in [0.4, 0.5) is 17.6 Å². The molecular weight excluding hydrogens is 376 g/mol. The van der Waals surface area contributed by atoms with Crippen molar-refractivity contribution in [2.24, 2.45) is 5.92 Å². The third-order valence-corrected chi connectivity index (χ3v) is 4.68. The molecular formula is C16H15ClF4N4O. The van der Waals surface area contributed by atoms with E-state index in [-0.39, 0.29) is 48.8 Å². The number of fused-ring (bicyclic) bond motifs is 1. The highest BCUT2D eigenvalue weighted by atomic mass is 35.5. The van der Waals surface area contributed by atoms with Gasteiger partial charge in [0, 0.05) is 23.6 Å². The average Bonchev–Trinajstić information content (AvgIpc) is 2.98. The van der Waals surface area contributed by atoms with Crippen LogP contribution in [-0.4, -0.2) is 26.8 Å². The molecule has 1 aromatic carbocycles. The Labute approximate surface area is 151 Å². The maximum absolute atomic E-state index is 13.7. The van der Waals surface area contributed by atoms with Crippen LogP contribution in [0.3, 0.4) is 0 Å². The van der Waals surface area contributed by atoms with Gasteiger partial charge in [-0.2, -0.15) is 13.2 Å². The van der Waals surface area contributed by atoms with Crippen LogP contribution < -0.4 is 5.32 Å². The van der Waals surface area contributed by atoms with E-state index in [4.69, 9.17) is 11.6 Å². The van der Waals surface area contributed by atoms with Crippen molar-refractivity contribution in [3.05, 3.63) is 46.3 Å². The molecule has 1 unspecified atom stereocenters. The molecule has 2 heterocycles. The fraction of sp³-hybridized carbons (Fsp3) is 0.438. The molecule has 2 aromatic rings. The van der Waals surface area contributed by atoms with Crippen LogP contribution >= 0.6 is 11.6 Å². The Kier molecular flexibility index (Phi) is 5.17. The Balaban J connectivity index is 1.64. The van der Waals surface area contributed by atoms with Gasteiger partial charge in [-0.15, -0.1) is 10.2 Å². The number of hydrogen-bond acceptors (Lipinski definition) is 3. The van der Waals surface area contributed by atoms with Gasteiger partial charge in [-0.05, 0) is 18.6 Å². The molecule has 26 heavy (non-hydrogen) atoms. The van der Waals surface area contributed by atoms with Gasteiger partial charge in [0.2, 0.25) is 5.91 Å². The van der Waals surface area contributed by atoms with Crippen molar-refractivity contribution in [3.8, 4) is 0 Å². The molecule has 0 saturated carbocycles. The number of halogens is 5. The monoisotopic (exact) mass is 390 g/mol. The number of aromatic nitrogens is 3. The Bertz CT molecular complexity index is 801. The molecule has 1 aliphatic heterocycles. The lowest BCUT2D eigenvalue weighted by Gasteiger charge is -2.26. The second kappa shape index (κ2) is 7.22. The molecule has 0 radical (unpaired) electrons. The summed E-state index contributed by atoms with van der Waals surface area (Å²) in [4.78, 5) is 12.0. The van der Waals surface area contributed by atoms with Crippen LogP contribution in [0.2, 0.25) is 5.02 Å². The van der Waals surface area contributed by atoms with Crippen molar-refractivity contribution in [2.75, 3.05) is 0 Å². The van der Waals surface area contributed by atoms with E-state index in [2.05, 4.69) is 15.5 Å². The summed E-state index contributed by atoms with van der Waals surface area (Å²) in [5.41, 5.74) is 0.0621. The van der Waals surface area contributed by atoms with Gasteiger partial charge in [0.05, 0.1) is 18.9 Å². The molecule has 140 valence electrons. The van der Waals surface area contributed by atoms with E-state index in [1.54, 1.807) is 0 Å². The van der Waals surface area contributed by atoms with Crippen LogP contribution in [0.25, 0.3) is 0 Å². The molecule has 1 N–H and O–H groups in total. The van der Waals surface area contributed by atoms with Gasteiger partial charge in [0.1, 0.15) is 11.6 Å². The minimum Gasteiger partial charge on any atom is -0.349 e. The molecule has 5 nitrogen and oxygen atoms in total. The van der Waals surface area contributed by atoms with E-state index in [1.165, 1.54) is 22.8 Å². The maximum Gasteiger partial charge on any atom is 0.393 e. The predicted molar refractivity (Wildman–Crippen MR) is 84.8 cm³/mol. The molecule has 0 saturated heterocycles. The first-order chi connectivity index (χ1) is 12.3. The first kappa shape index (κ1) is 18.6. The van der Waals surface area contributed by atoms with Gasteiger partial charge < -0.3 is 9.88 Å². The number of benzene rings is 1. The summed E-state index contributed by atoms with van der Waals surface area (Å²) in [6, 6.07) is 4.10. The average molecular weight is 391 g/mol. The zero-order valence-corrected chi connectivity index (χ0v) is 14.2. The number of carbonyl (C=O) groups excluding carboxylic acids is 1. The number of amides is 1. The predicted octanol–water partition coefficient (Wildman–Crippen LogP) is 3.05. The molecule has 1 amide bonds. The highest BCUT2D eigenvalue weighted by Crippen LogP contribution is 2.34. The Morgan fingerprint density at radius 3 is 2.81 bits per heavy atom. The number of nitrogens with one attached hydrogen (secondary N) is 1. The van der Waals surface area contributed by atoms with E-state index in [0.717, 1.165) is 0 Å². The van der Waals surface area contributed by atoms with Crippen molar-refractivity contribution in [1.82, 2.24) is 20.1 Å². The van der Waals surface area contributed by atoms with Gasteiger partial charge in [-0.3, -0.25) is 4.79 Å². The lowest BCUT2D eigenvalue weighted by molar-refractivity contribution is -0.182. The Hall–Kier alpha value is -2.16. The van der Waals surface area contributed by atoms with Gasteiger partial charge >= 0.3 is 6.18 Å². The third kappa shape index (κ3) is 3.98. The normalized spacial score (nSPS) is 17.0. The standard InChI is InChI=1S/C16H15ClF4N4O/c17-11-2-1-3-12(18)10(11)6-15(26)22-7-14-24-23-13-5-4-9(8-25(13)14)16(19,20)21/h1-3,9H,4-8H2,(H,22,26). The van der Waals surface area contributed by atoms with Crippen LogP contribution in [0.1, 0.15) is 23.6 Å². The van der Waals surface area contributed by atoms with Gasteiger partial charge in [-0.25, -0.2) is 4.39 Å².